The maximum atomic E-state index is 2.50. The van der Waals surface area contributed by atoms with E-state index in [0.717, 1.165) is 0 Å². The van der Waals surface area contributed by atoms with Crippen LogP contribution in [0.5, 0.6) is 0 Å². The van der Waals surface area contributed by atoms with Crippen LogP contribution in [0.4, 0.5) is 0 Å². The van der Waals surface area contributed by atoms with Crippen molar-refractivity contribution in [2.24, 2.45) is 0 Å². The summed E-state index contributed by atoms with van der Waals surface area (Å²) >= 11 is 0. The molecule has 2 aliphatic rings. The Kier molecular flexibility index (Phi) is 8.69. The number of hydrogen-bond acceptors (Lipinski definition) is 0. The number of rotatable bonds is 7. The van der Waals surface area contributed by atoms with E-state index in [2.05, 4.69) is 255 Å². The Bertz CT molecular complexity index is 3700. The van der Waals surface area contributed by atoms with Gasteiger partial charge in [0.25, 0.3) is 0 Å². The lowest BCUT2D eigenvalue weighted by molar-refractivity contribution is 1.53. The van der Waals surface area contributed by atoms with Gasteiger partial charge in [-0.25, -0.2) is 0 Å². The van der Waals surface area contributed by atoms with Gasteiger partial charge in [0.2, 0.25) is 0 Å². The molecule has 0 saturated heterocycles. The van der Waals surface area contributed by atoms with Gasteiger partial charge in [0, 0.05) is 0 Å². The standard InChI is InChI=1S/C68H42/c1-5-21-43(22-6-1)57-41-59(63(47-25-9-3-10-26-47)67-55-39-19-31-45-29-17-37-53(61(45)55)65(57)67)51-35-15-13-33-49(51)50-34-14-16-36-52(50)60-42-58(44-23-7-2-8-24-44)66-54-38-18-30-46-32-20-40-56(62(46)54)68(66)64(60)48-27-11-4-12-28-48/h1-42H. The molecule has 2 aliphatic carbocycles. The molecule has 0 fully saturated rings. The maximum absolute atomic E-state index is 2.50. The van der Waals surface area contributed by atoms with E-state index in [0.29, 0.717) is 0 Å². The maximum Gasteiger partial charge on any atom is -0.000763 e. The molecular weight excluding hydrogens is 817 g/mol. The number of hydrogen-bond donors (Lipinski definition) is 0. The summed E-state index contributed by atoms with van der Waals surface area (Å²) in [5.41, 5.74) is 27.4. The molecule has 68 heavy (non-hydrogen) atoms. The summed E-state index contributed by atoms with van der Waals surface area (Å²) in [5.74, 6) is 0. The lowest BCUT2D eigenvalue weighted by atomic mass is 9.78. The predicted molar refractivity (Wildman–Crippen MR) is 288 cm³/mol. The Morgan fingerprint density at radius 1 is 0.147 bits per heavy atom. The molecule has 0 atom stereocenters. The van der Waals surface area contributed by atoms with Crippen LogP contribution < -0.4 is 0 Å². The molecular formula is C68H42. The van der Waals surface area contributed by atoms with Gasteiger partial charge in [-0.1, -0.05) is 243 Å². The van der Waals surface area contributed by atoms with Crippen molar-refractivity contribution in [2.75, 3.05) is 0 Å². The van der Waals surface area contributed by atoms with Crippen LogP contribution in [-0.4, -0.2) is 0 Å². The van der Waals surface area contributed by atoms with Crippen LogP contribution in [0.15, 0.2) is 255 Å². The van der Waals surface area contributed by atoms with Crippen LogP contribution in [0, 0.1) is 0 Å². The van der Waals surface area contributed by atoms with Crippen LogP contribution >= 0.6 is 0 Å². The molecule has 0 aromatic heterocycles. The molecule has 0 bridgehead atoms. The molecule has 0 aliphatic heterocycles. The van der Waals surface area contributed by atoms with E-state index in [1.807, 2.05) is 0 Å². The molecule has 0 amide bonds. The second-order valence-corrected chi connectivity index (χ2v) is 18.2. The van der Waals surface area contributed by atoms with Gasteiger partial charge in [-0.3, -0.25) is 0 Å². The topological polar surface area (TPSA) is 0 Å². The zero-order chi connectivity index (χ0) is 44.7. The highest BCUT2D eigenvalue weighted by molar-refractivity contribution is 6.25. The van der Waals surface area contributed by atoms with Crippen molar-refractivity contribution in [1.29, 1.82) is 0 Å². The minimum Gasteiger partial charge on any atom is -0.0622 e. The van der Waals surface area contributed by atoms with Gasteiger partial charge in [-0.15, -0.1) is 0 Å². The summed E-state index contributed by atoms with van der Waals surface area (Å²) in [6.07, 6.45) is 0. The lowest BCUT2D eigenvalue weighted by Crippen LogP contribution is -1.98. The first-order valence-electron chi connectivity index (χ1n) is 23.7. The molecule has 0 radical (unpaired) electrons. The molecule has 0 unspecified atom stereocenters. The first-order valence-corrected chi connectivity index (χ1v) is 23.7. The van der Waals surface area contributed by atoms with Gasteiger partial charge in [-0.05, 0) is 156 Å². The van der Waals surface area contributed by atoms with E-state index in [-0.39, 0.29) is 0 Å². The Hall–Kier alpha value is -8.84. The minimum atomic E-state index is 1.19. The minimum absolute atomic E-state index is 1.19. The third-order valence-electron chi connectivity index (χ3n) is 14.6. The smallest absolute Gasteiger partial charge is 0.000763 e. The van der Waals surface area contributed by atoms with E-state index in [9.17, 15) is 0 Å². The van der Waals surface area contributed by atoms with Crippen LogP contribution in [0.25, 0.3) is 144 Å². The van der Waals surface area contributed by atoms with Gasteiger partial charge < -0.3 is 0 Å². The molecule has 12 aromatic rings. The molecule has 0 N–H and O–H groups in total. The normalized spacial score (nSPS) is 11.8. The van der Waals surface area contributed by atoms with E-state index >= 15 is 0 Å². The Morgan fingerprint density at radius 3 is 0.750 bits per heavy atom. The predicted octanol–water partition coefficient (Wildman–Crippen LogP) is 19.0. The molecule has 314 valence electrons. The van der Waals surface area contributed by atoms with Gasteiger partial charge in [0.1, 0.15) is 0 Å². The van der Waals surface area contributed by atoms with Crippen molar-refractivity contribution in [2.45, 2.75) is 0 Å². The summed E-state index contributed by atoms with van der Waals surface area (Å²) in [5, 5.41) is 5.19. The van der Waals surface area contributed by atoms with Crippen molar-refractivity contribution >= 4 is 21.5 Å². The second-order valence-electron chi connectivity index (χ2n) is 18.2. The first kappa shape index (κ1) is 38.4. The molecule has 0 heterocycles. The summed E-state index contributed by atoms with van der Waals surface area (Å²) < 4.78 is 0. The van der Waals surface area contributed by atoms with E-state index in [4.69, 9.17) is 0 Å². The molecule has 0 heteroatoms. The lowest BCUT2D eigenvalue weighted by Gasteiger charge is -2.24. The van der Waals surface area contributed by atoms with Gasteiger partial charge >= 0.3 is 0 Å². The van der Waals surface area contributed by atoms with Crippen LogP contribution in [0.2, 0.25) is 0 Å². The van der Waals surface area contributed by atoms with Crippen molar-refractivity contribution in [3.8, 4) is 122 Å². The largest absolute Gasteiger partial charge is 0.0622 e. The van der Waals surface area contributed by atoms with E-state index < -0.39 is 0 Å². The van der Waals surface area contributed by atoms with Crippen LogP contribution in [0.3, 0.4) is 0 Å². The summed E-state index contributed by atoms with van der Waals surface area (Å²) in [6.45, 7) is 0. The van der Waals surface area contributed by atoms with Crippen LogP contribution in [0.1, 0.15) is 0 Å². The molecule has 12 aromatic carbocycles. The summed E-state index contributed by atoms with van der Waals surface area (Å²) in [7, 11) is 0. The first-order chi connectivity index (χ1) is 33.8. The fourth-order valence-corrected chi connectivity index (χ4v) is 11.8. The summed E-state index contributed by atoms with van der Waals surface area (Å²) in [4.78, 5) is 0. The second kappa shape index (κ2) is 15.4. The van der Waals surface area contributed by atoms with Crippen molar-refractivity contribution < 1.29 is 0 Å². The monoisotopic (exact) mass is 858 g/mol. The zero-order valence-corrected chi connectivity index (χ0v) is 37.2. The highest BCUT2D eigenvalue weighted by Crippen LogP contribution is 2.60. The zero-order valence-electron chi connectivity index (χ0n) is 37.2. The van der Waals surface area contributed by atoms with Gasteiger partial charge in [0.05, 0.1) is 0 Å². The average Bonchev–Trinajstić information content (AvgIpc) is 3.94. The molecule has 0 spiro atoms. The fourth-order valence-electron chi connectivity index (χ4n) is 11.8. The van der Waals surface area contributed by atoms with Crippen LogP contribution in [-0.2, 0) is 0 Å². The van der Waals surface area contributed by atoms with Gasteiger partial charge in [-0.2, -0.15) is 0 Å². The van der Waals surface area contributed by atoms with Crippen molar-refractivity contribution in [1.82, 2.24) is 0 Å². The van der Waals surface area contributed by atoms with Gasteiger partial charge in [0.15, 0.2) is 0 Å². The highest BCUT2D eigenvalue weighted by atomic mass is 14.4. The number of benzene rings is 12. The third kappa shape index (κ3) is 5.74. The Balaban J connectivity index is 1.09. The number of fused-ring (bicyclic) bond motifs is 6. The summed E-state index contributed by atoms with van der Waals surface area (Å²) in [6, 6.07) is 94.7. The fraction of sp³-hybridized carbons (Fsp3) is 0. The molecule has 0 saturated carbocycles. The molecule has 14 rings (SSSR count). The Labute approximate surface area is 396 Å². The van der Waals surface area contributed by atoms with Crippen molar-refractivity contribution in [3.05, 3.63) is 255 Å². The van der Waals surface area contributed by atoms with Crippen molar-refractivity contribution in [3.63, 3.8) is 0 Å². The van der Waals surface area contributed by atoms with E-state index in [1.165, 1.54) is 144 Å². The highest BCUT2D eigenvalue weighted by Gasteiger charge is 2.33. The quantitative estimate of drug-likeness (QED) is 0.150. The average molecular weight is 859 g/mol. The Morgan fingerprint density at radius 2 is 0.412 bits per heavy atom. The molecule has 0 nitrogen and oxygen atoms in total. The van der Waals surface area contributed by atoms with E-state index in [1.54, 1.807) is 0 Å². The third-order valence-corrected chi connectivity index (χ3v) is 14.6. The SMILES string of the molecule is c1ccc(-c2cc(-c3ccccc3-c3ccccc3-c3cc(-c4ccccc4)c4c(c3-c3ccccc3)-c3cccc5cccc-4c35)c(-c3ccccc3)c3c2-c2cccc4cccc-3c24)cc1.